The summed E-state index contributed by atoms with van der Waals surface area (Å²) in [6, 6.07) is 2.73. The second kappa shape index (κ2) is 7.10. The zero-order chi connectivity index (χ0) is 19.9. The number of nitrogens with zero attached hydrogens (tertiary/aromatic N) is 1. The lowest BCUT2D eigenvalue weighted by molar-refractivity contribution is -0.137. The topological polar surface area (TPSA) is 49.8 Å². The van der Waals surface area contributed by atoms with Crippen molar-refractivity contribution in [3.63, 3.8) is 0 Å². The number of halogens is 3. The molecule has 1 aliphatic rings. The van der Waals surface area contributed by atoms with E-state index >= 15 is 0 Å². The summed E-state index contributed by atoms with van der Waals surface area (Å²) in [5.41, 5.74) is -0.810. The van der Waals surface area contributed by atoms with Crippen molar-refractivity contribution in [2.75, 3.05) is 0 Å². The second-order valence-corrected chi connectivity index (χ2v) is 8.16. The zero-order valence-electron chi connectivity index (χ0n) is 15.7. The molecular formula is C19H26F3NO3. The summed E-state index contributed by atoms with van der Waals surface area (Å²) in [7, 11) is 0. The van der Waals surface area contributed by atoms with Crippen molar-refractivity contribution in [1.82, 2.24) is 4.90 Å². The van der Waals surface area contributed by atoms with Gasteiger partial charge in [0.25, 0.3) is 0 Å². The fraction of sp³-hybridized carbons (Fsp3) is 0.632. The van der Waals surface area contributed by atoms with Crippen LogP contribution in [-0.4, -0.2) is 27.7 Å². The molecule has 0 saturated heterocycles. The minimum Gasteiger partial charge on any atom is -0.444 e. The Balaban J connectivity index is 2.42. The maximum atomic E-state index is 13.0. The van der Waals surface area contributed by atoms with Crippen molar-refractivity contribution in [3.05, 3.63) is 34.9 Å². The highest BCUT2D eigenvalue weighted by molar-refractivity contribution is 5.69. The monoisotopic (exact) mass is 373 g/mol. The third-order valence-corrected chi connectivity index (χ3v) is 4.24. The molecule has 26 heavy (non-hydrogen) atoms. The molecule has 0 radical (unpaired) electrons. The molecule has 2 rings (SSSR count). The number of rotatable bonds is 2. The maximum Gasteiger partial charge on any atom is 0.416 e. The minimum absolute atomic E-state index is 0.0252. The fourth-order valence-electron chi connectivity index (χ4n) is 3.15. The van der Waals surface area contributed by atoms with Gasteiger partial charge >= 0.3 is 12.3 Å². The van der Waals surface area contributed by atoms with Gasteiger partial charge in [0.2, 0.25) is 0 Å². The van der Waals surface area contributed by atoms with Crippen molar-refractivity contribution in [2.45, 2.75) is 71.5 Å². The average molecular weight is 373 g/mol. The number of aliphatic hydroxyl groups excluding tert-OH is 1. The van der Waals surface area contributed by atoms with Crippen LogP contribution in [0.5, 0.6) is 0 Å². The fourth-order valence-corrected chi connectivity index (χ4v) is 3.15. The van der Waals surface area contributed by atoms with Gasteiger partial charge in [-0.05, 0) is 56.4 Å². The van der Waals surface area contributed by atoms with Crippen LogP contribution in [0.25, 0.3) is 0 Å². The highest BCUT2D eigenvalue weighted by atomic mass is 19.4. The number of carbonyl (C=O) groups excluding carboxylic acids is 1. The van der Waals surface area contributed by atoms with E-state index in [9.17, 15) is 23.1 Å². The van der Waals surface area contributed by atoms with Crippen LogP contribution in [-0.2, 0) is 17.5 Å². The molecule has 0 spiro atoms. The predicted molar refractivity (Wildman–Crippen MR) is 91.4 cm³/mol. The van der Waals surface area contributed by atoms with Crippen molar-refractivity contribution in [1.29, 1.82) is 0 Å². The van der Waals surface area contributed by atoms with Crippen LogP contribution in [0.15, 0.2) is 18.2 Å². The highest BCUT2D eigenvalue weighted by Gasteiger charge is 2.40. The number of carbonyl (C=O) groups is 1. The van der Waals surface area contributed by atoms with Crippen LogP contribution in [0.3, 0.4) is 0 Å². The lowest BCUT2D eigenvalue weighted by atomic mass is 9.86. The lowest BCUT2D eigenvalue weighted by Crippen LogP contribution is -2.49. The first-order chi connectivity index (χ1) is 11.8. The maximum absolute atomic E-state index is 13.0. The molecule has 0 aliphatic carbocycles. The van der Waals surface area contributed by atoms with Crippen LogP contribution < -0.4 is 0 Å². The van der Waals surface area contributed by atoms with E-state index in [0.717, 1.165) is 12.1 Å². The van der Waals surface area contributed by atoms with Crippen molar-refractivity contribution in [3.8, 4) is 0 Å². The zero-order valence-corrected chi connectivity index (χ0v) is 15.7. The number of amides is 1. The Morgan fingerprint density at radius 1 is 1.31 bits per heavy atom. The van der Waals surface area contributed by atoms with Crippen molar-refractivity contribution in [2.24, 2.45) is 5.92 Å². The summed E-state index contributed by atoms with van der Waals surface area (Å²) < 4.78 is 44.4. The molecule has 1 heterocycles. The van der Waals surface area contributed by atoms with Crippen LogP contribution >= 0.6 is 0 Å². The number of hydrogen-bond donors (Lipinski definition) is 1. The molecule has 0 saturated carbocycles. The average Bonchev–Trinajstić information content (AvgIpc) is 2.46. The molecule has 0 fully saturated rings. The number of alkyl halides is 3. The largest absolute Gasteiger partial charge is 0.444 e. The molecule has 0 bridgehead atoms. The van der Waals surface area contributed by atoms with Gasteiger partial charge in [-0.3, -0.25) is 4.90 Å². The molecule has 1 aromatic rings. The molecular weight excluding hydrogens is 347 g/mol. The van der Waals surface area contributed by atoms with Gasteiger partial charge in [-0.15, -0.1) is 0 Å². The summed E-state index contributed by atoms with van der Waals surface area (Å²) in [4.78, 5) is 14.0. The standard InChI is InChI=1S/C19H26F3NO3/c1-11(2)8-15-16(24)14-7-6-13(19(20,21)22)9-12(14)10-23(15)17(25)26-18(3,4)5/h6-7,9,11,15-16,24H,8,10H2,1-5H3/t15-,16?/m1/s1. The summed E-state index contributed by atoms with van der Waals surface area (Å²) in [6.07, 6.45) is -5.66. The number of aliphatic hydroxyl groups is 1. The van der Waals surface area contributed by atoms with Gasteiger partial charge in [-0.25, -0.2) is 4.79 Å². The van der Waals surface area contributed by atoms with E-state index in [0.29, 0.717) is 12.0 Å². The summed E-state index contributed by atoms with van der Waals surface area (Å²) in [5.74, 6) is 0.190. The lowest BCUT2D eigenvalue weighted by Gasteiger charge is -2.41. The minimum atomic E-state index is -4.48. The van der Waals surface area contributed by atoms with Gasteiger partial charge in [0.15, 0.2) is 0 Å². The van der Waals surface area contributed by atoms with Crippen LogP contribution in [0.1, 0.15) is 63.8 Å². The molecule has 1 N–H and O–H groups in total. The van der Waals surface area contributed by atoms with E-state index < -0.39 is 35.6 Å². The molecule has 2 atom stereocenters. The van der Waals surface area contributed by atoms with Crippen LogP contribution in [0, 0.1) is 5.92 Å². The number of hydrogen-bond acceptors (Lipinski definition) is 3. The quantitative estimate of drug-likeness (QED) is 0.802. The summed E-state index contributed by atoms with van der Waals surface area (Å²) in [5, 5.41) is 10.8. The molecule has 4 nitrogen and oxygen atoms in total. The first-order valence-corrected chi connectivity index (χ1v) is 8.67. The van der Waals surface area contributed by atoms with Crippen LogP contribution in [0.2, 0.25) is 0 Å². The highest BCUT2D eigenvalue weighted by Crippen LogP contribution is 2.38. The van der Waals surface area contributed by atoms with Gasteiger partial charge in [-0.2, -0.15) is 13.2 Å². The van der Waals surface area contributed by atoms with E-state index in [1.807, 2.05) is 13.8 Å². The summed E-state index contributed by atoms with van der Waals surface area (Å²) in [6.45, 7) is 9.06. The Kier molecular flexibility index (Phi) is 5.61. The first kappa shape index (κ1) is 20.6. The third-order valence-electron chi connectivity index (χ3n) is 4.24. The molecule has 1 aromatic carbocycles. The molecule has 1 amide bonds. The van der Waals surface area contributed by atoms with Gasteiger partial charge in [0, 0.05) is 6.54 Å². The molecule has 146 valence electrons. The Hall–Kier alpha value is -1.76. The van der Waals surface area contributed by atoms with E-state index in [1.165, 1.54) is 11.0 Å². The van der Waals surface area contributed by atoms with Gasteiger partial charge < -0.3 is 9.84 Å². The molecule has 7 heteroatoms. The molecule has 0 aromatic heterocycles. The first-order valence-electron chi connectivity index (χ1n) is 8.67. The SMILES string of the molecule is CC(C)C[C@@H]1C(O)c2ccc(C(F)(F)F)cc2CN1C(=O)OC(C)(C)C. The van der Waals surface area contributed by atoms with E-state index in [2.05, 4.69) is 0 Å². The van der Waals surface area contributed by atoms with E-state index in [1.54, 1.807) is 20.8 Å². The van der Waals surface area contributed by atoms with Gasteiger partial charge in [-0.1, -0.05) is 19.9 Å². The van der Waals surface area contributed by atoms with Crippen molar-refractivity contribution >= 4 is 6.09 Å². The third kappa shape index (κ3) is 4.69. The Labute approximate surface area is 151 Å². The van der Waals surface area contributed by atoms with Crippen LogP contribution in [0.4, 0.5) is 18.0 Å². The number of fused-ring (bicyclic) bond motifs is 1. The number of benzene rings is 1. The van der Waals surface area contributed by atoms with E-state index in [4.69, 9.17) is 4.74 Å². The van der Waals surface area contributed by atoms with E-state index in [-0.39, 0.29) is 18.0 Å². The Morgan fingerprint density at radius 3 is 2.42 bits per heavy atom. The Morgan fingerprint density at radius 2 is 1.92 bits per heavy atom. The smallest absolute Gasteiger partial charge is 0.416 e. The molecule has 1 unspecified atom stereocenters. The summed E-state index contributed by atoms with van der Waals surface area (Å²) >= 11 is 0. The predicted octanol–water partition coefficient (Wildman–Crippen LogP) is 4.90. The van der Waals surface area contributed by atoms with Crippen molar-refractivity contribution < 1.29 is 27.8 Å². The van der Waals surface area contributed by atoms with Gasteiger partial charge in [0.05, 0.1) is 17.7 Å². The molecule has 1 aliphatic heterocycles. The van der Waals surface area contributed by atoms with Gasteiger partial charge in [0.1, 0.15) is 5.60 Å². The normalized spacial score (nSPS) is 20.9. The number of ether oxygens (including phenoxy) is 1. The second-order valence-electron chi connectivity index (χ2n) is 8.16. The Bertz CT molecular complexity index is 665.